The van der Waals surface area contributed by atoms with Gasteiger partial charge in [-0.1, -0.05) is 37.3 Å². The number of hydrogen-bond donors (Lipinski definition) is 1. The molecule has 7 nitrogen and oxygen atoms in total. The largest absolute Gasteiger partial charge is 0.374 e. The predicted octanol–water partition coefficient (Wildman–Crippen LogP) is 2.70. The number of benzene rings is 1. The van der Waals surface area contributed by atoms with Crippen molar-refractivity contribution in [1.29, 1.82) is 0 Å². The molecule has 0 spiro atoms. The molecular weight excluding hydrogens is 321 g/mol. The third-order valence-corrected chi connectivity index (χ3v) is 4.89. The summed E-state index contributed by atoms with van der Waals surface area (Å²) in [7, 11) is -3.09. The molecule has 0 aliphatic carbocycles. The first-order chi connectivity index (χ1) is 11.1. The molecule has 23 heavy (non-hydrogen) atoms. The zero-order valence-corrected chi connectivity index (χ0v) is 14.6. The lowest BCUT2D eigenvalue weighted by Gasteiger charge is -2.20. The van der Waals surface area contributed by atoms with Crippen molar-refractivity contribution in [2.45, 2.75) is 26.6 Å². The van der Waals surface area contributed by atoms with Gasteiger partial charge in [0, 0.05) is 6.16 Å². The summed E-state index contributed by atoms with van der Waals surface area (Å²) in [6.07, 6.45) is -0.136. The fourth-order valence-electron chi connectivity index (χ4n) is 1.76. The van der Waals surface area contributed by atoms with Crippen molar-refractivity contribution in [3.8, 4) is 0 Å². The van der Waals surface area contributed by atoms with Crippen LogP contribution in [0.5, 0.6) is 0 Å². The smallest absolute Gasteiger partial charge is 0.332 e. The van der Waals surface area contributed by atoms with E-state index in [0.29, 0.717) is 13.2 Å². The molecule has 1 rings (SSSR count). The maximum Gasteiger partial charge on any atom is 0.332 e. The van der Waals surface area contributed by atoms with Crippen LogP contribution in [-0.4, -0.2) is 38.9 Å². The molecule has 2 N–H and O–H groups in total. The summed E-state index contributed by atoms with van der Waals surface area (Å²) in [5, 5.41) is 0. The van der Waals surface area contributed by atoms with Gasteiger partial charge in [0.15, 0.2) is 6.79 Å². The Kier molecular flexibility index (Phi) is 10.3. The Balaban J connectivity index is 2.32. The Morgan fingerprint density at radius 1 is 1.13 bits per heavy atom. The molecule has 0 aromatic heterocycles. The summed E-state index contributed by atoms with van der Waals surface area (Å²) < 4.78 is 33.5. The van der Waals surface area contributed by atoms with Gasteiger partial charge in [-0.25, -0.2) is 5.90 Å². The lowest BCUT2D eigenvalue weighted by atomic mass is 10.2. The summed E-state index contributed by atoms with van der Waals surface area (Å²) in [5.74, 6) is 5.09. The van der Waals surface area contributed by atoms with E-state index in [2.05, 4.69) is 4.84 Å². The van der Waals surface area contributed by atoms with Crippen molar-refractivity contribution in [1.82, 2.24) is 0 Å². The minimum absolute atomic E-state index is 0.142. The van der Waals surface area contributed by atoms with Crippen LogP contribution in [0.4, 0.5) is 0 Å². The van der Waals surface area contributed by atoms with E-state index in [1.165, 1.54) is 0 Å². The molecule has 2 unspecified atom stereocenters. The van der Waals surface area contributed by atoms with Gasteiger partial charge in [-0.3, -0.25) is 9.09 Å². The maximum atomic E-state index is 12.1. The monoisotopic (exact) mass is 347 g/mol. The molecule has 0 heterocycles. The molecule has 0 bridgehead atoms. The Morgan fingerprint density at radius 2 is 1.87 bits per heavy atom. The molecule has 0 saturated heterocycles. The maximum absolute atomic E-state index is 12.1. The molecular formula is C15H26NO6P. The molecule has 0 aliphatic heterocycles. The summed E-state index contributed by atoms with van der Waals surface area (Å²) >= 11 is 0. The minimum Gasteiger partial charge on any atom is -0.374 e. The van der Waals surface area contributed by atoms with E-state index in [4.69, 9.17) is 24.4 Å². The Hall–Kier alpha value is -0.790. The average molecular weight is 347 g/mol. The highest BCUT2D eigenvalue weighted by atomic mass is 31.2. The van der Waals surface area contributed by atoms with Crippen molar-refractivity contribution in [3.05, 3.63) is 35.9 Å². The number of hydrogen-bond acceptors (Lipinski definition) is 7. The zero-order chi connectivity index (χ0) is 17.0. The van der Waals surface area contributed by atoms with E-state index in [-0.39, 0.29) is 26.2 Å². The molecule has 0 aliphatic rings. The van der Waals surface area contributed by atoms with Crippen LogP contribution in [0, 0.1) is 0 Å². The van der Waals surface area contributed by atoms with Crippen molar-refractivity contribution in [2.24, 2.45) is 5.90 Å². The van der Waals surface area contributed by atoms with E-state index in [1.807, 2.05) is 30.3 Å². The average Bonchev–Trinajstić information content (AvgIpc) is 2.56. The van der Waals surface area contributed by atoms with Crippen LogP contribution < -0.4 is 5.90 Å². The lowest BCUT2D eigenvalue weighted by molar-refractivity contribution is -0.106. The Bertz CT molecular complexity index is 459. The van der Waals surface area contributed by atoms with Crippen molar-refractivity contribution < 1.29 is 27.9 Å². The SMILES string of the molecule is CCOP(=O)(CC)OCOC(CON)COCc1ccccc1. The summed E-state index contributed by atoms with van der Waals surface area (Å²) in [4.78, 5) is 4.60. The van der Waals surface area contributed by atoms with Crippen LogP contribution >= 0.6 is 7.60 Å². The normalized spacial score (nSPS) is 15.3. The van der Waals surface area contributed by atoms with Gasteiger partial charge in [0.25, 0.3) is 0 Å². The second-order valence-electron chi connectivity index (χ2n) is 4.71. The highest BCUT2D eigenvalue weighted by molar-refractivity contribution is 7.53. The van der Waals surface area contributed by atoms with Gasteiger partial charge < -0.3 is 18.8 Å². The first-order valence-corrected chi connectivity index (χ1v) is 9.29. The molecule has 0 radical (unpaired) electrons. The predicted molar refractivity (Wildman–Crippen MR) is 86.8 cm³/mol. The van der Waals surface area contributed by atoms with Gasteiger partial charge >= 0.3 is 7.60 Å². The van der Waals surface area contributed by atoms with Gasteiger partial charge in [-0.05, 0) is 12.5 Å². The van der Waals surface area contributed by atoms with Crippen LogP contribution in [0.1, 0.15) is 19.4 Å². The van der Waals surface area contributed by atoms with Gasteiger partial charge in [0.05, 0.1) is 26.4 Å². The van der Waals surface area contributed by atoms with Gasteiger partial charge in [0.2, 0.25) is 0 Å². The highest BCUT2D eigenvalue weighted by Gasteiger charge is 2.22. The van der Waals surface area contributed by atoms with Gasteiger partial charge in [0.1, 0.15) is 6.10 Å². The van der Waals surface area contributed by atoms with E-state index < -0.39 is 13.7 Å². The molecule has 2 atom stereocenters. The molecule has 1 aromatic rings. The van der Waals surface area contributed by atoms with Crippen molar-refractivity contribution in [3.63, 3.8) is 0 Å². The van der Waals surface area contributed by atoms with Crippen molar-refractivity contribution >= 4 is 7.60 Å². The topological polar surface area (TPSA) is 89.2 Å². The molecule has 132 valence electrons. The standard InChI is InChI=1S/C15H26NO6P/c1-3-21-23(17,4-2)22-13-19-15(12-20-16)11-18-10-14-8-6-5-7-9-14/h5-9,15H,3-4,10-13,16H2,1-2H3. The van der Waals surface area contributed by atoms with Gasteiger partial charge in [-0.15, -0.1) is 0 Å². The van der Waals surface area contributed by atoms with E-state index >= 15 is 0 Å². The minimum atomic E-state index is -3.09. The van der Waals surface area contributed by atoms with E-state index in [1.54, 1.807) is 13.8 Å². The van der Waals surface area contributed by atoms with Crippen molar-refractivity contribution in [2.75, 3.05) is 32.8 Å². The number of nitrogens with two attached hydrogens (primary N) is 1. The third-order valence-electron chi connectivity index (χ3n) is 2.96. The second kappa shape index (κ2) is 11.7. The fourth-order valence-corrected chi connectivity index (χ4v) is 2.81. The van der Waals surface area contributed by atoms with Gasteiger partial charge in [-0.2, -0.15) is 0 Å². The molecule has 0 amide bonds. The van der Waals surface area contributed by atoms with Crippen LogP contribution in [0.2, 0.25) is 0 Å². The molecule has 0 fully saturated rings. The summed E-state index contributed by atoms with van der Waals surface area (Å²) in [6, 6.07) is 9.77. The Labute approximate surface area is 137 Å². The van der Waals surface area contributed by atoms with Crippen LogP contribution in [0.15, 0.2) is 30.3 Å². The fraction of sp³-hybridized carbons (Fsp3) is 0.600. The lowest BCUT2D eigenvalue weighted by Crippen LogP contribution is -2.28. The van der Waals surface area contributed by atoms with E-state index in [9.17, 15) is 4.57 Å². The first-order valence-electron chi connectivity index (χ1n) is 7.56. The zero-order valence-electron chi connectivity index (χ0n) is 13.7. The van der Waals surface area contributed by atoms with Crippen LogP contribution in [-0.2, 0) is 34.5 Å². The first kappa shape index (κ1) is 20.3. The van der Waals surface area contributed by atoms with E-state index in [0.717, 1.165) is 5.56 Å². The highest BCUT2D eigenvalue weighted by Crippen LogP contribution is 2.47. The Morgan fingerprint density at radius 3 is 2.48 bits per heavy atom. The van der Waals surface area contributed by atoms with Crippen LogP contribution in [0.3, 0.4) is 0 Å². The molecule has 8 heteroatoms. The quantitative estimate of drug-likeness (QED) is 0.333. The summed E-state index contributed by atoms with van der Waals surface area (Å²) in [6.45, 7) is 4.52. The molecule has 1 aromatic carbocycles. The third kappa shape index (κ3) is 8.58. The second-order valence-corrected chi connectivity index (χ2v) is 7.09. The molecule has 0 saturated carbocycles. The number of rotatable bonds is 13. The number of ether oxygens (including phenoxy) is 2. The van der Waals surface area contributed by atoms with Crippen LogP contribution in [0.25, 0.3) is 0 Å². The summed E-state index contributed by atoms with van der Waals surface area (Å²) in [5.41, 5.74) is 1.06.